The first-order valence-corrected chi connectivity index (χ1v) is 8.11. The molecule has 0 aliphatic heterocycles. The van der Waals surface area contributed by atoms with Crippen molar-refractivity contribution in [3.63, 3.8) is 0 Å². The quantitative estimate of drug-likeness (QED) is 0.646. The summed E-state index contributed by atoms with van der Waals surface area (Å²) < 4.78 is 0. The standard InChI is InChI=1S/C18H30N2O/c1-14(2)10-8-9-13-17(15(3)4)20-18(21)19-16-11-6-5-7-12-16/h5-7,11-12,14-15,17H,8-10,13H2,1-4H3,(H2,19,20,21)/t17-/m0/s1. The molecule has 0 unspecified atom stereocenters. The molecule has 1 rings (SSSR count). The first-order valence-electron chi connectivity index (χ1n) is 8.11. The zero-order valence-corrected chi connectivity index (χ0v) is 13.9. The molecule has 0 aliphatic rings. The monoisotopic (exact) mass is 290 g/mol. The number of carbonyl (C=O) groups excluding carboxylic acids is 1. The van der Waals surface area contributed by atoms with Gasteiger partial charge in [0.1, 0.15) is 0 Å². The number of hydrogen-bond acceptors (Lipinski definition) is 1. The van der Waals surface area contributed by atoms with E-state index in [1.807, 2.05) is 30.3 Å². The van der Waals surface area contributed by atoms with Crippen molar-refractivity contribution in [1.29, 1.82) is 0 Å². The number of hydrogen-bond donors (Lipinski definition) is 2. The second-order valence-corrected chi connectivity index (χ2v) is 6.49. The molecule has 1 aromatic carbocycles. The highest BCUT2D eigenvalue weighted by molar-refractivity contribution is 5.89. The Balaban J connectivity index is 2.37. The molecule has 0 bridgehead atoms. The Kier molecular flexibility index (Phi) is 7.88. The zero-order chi connectivity index (χ0) is 15.7. The van der Waals surface area contributed by atoms with Crippen LogP contribution in [0.1, 0.15) is 53.4 Å². The molecule has 3 heteroatoms. The van der Waals surface area contributed by atoms with E-state index in [9.17, 15) is 4.79 Å². The second kappa shape index (κ2) is 9.43. The van der Waals surface area contributed by atoms with Crippen molar-refractivity contribution in [2.24, 2.45) is 11.8 Å². The Hall–Kier alpha value is -1.51. The lowest BCUT2D eigenvalue weighted by Crippen LogP contribution is -2.41. The predicted octanol–water partition coefficient (Wildman–Crippen LogP) is 5.05. The minimum Gasteiger partial charge on any atom is -0.335 e. The average molecular weight is 290 g/mol. The SMILES string of the molecule is CC(C)CCCC[C@H](NC(=O)Nc1ccccc1)C(C)C. The number of amides is 2. The van der Waals surface area contributed by atoms with Gasteiger partial charge in [-0.3, -0.25) is 0 Å². The maximum Gasteiger partial charge on any atom is 0.319 e. The summed E-state index contributed by atoms with van der Waals surface area (Å²) in [7, 11) is 0. The van der Waals surface area contributed by atoms with Crippen molar-refractivity contribution in [3.05, 3.63) is 30.3 Å². The van der Waals surface area contributed by atoms with Crippen molar-refractivity contribution in [3.8, 4) is 0 Å². The maximum atomic E-state index is 12.0. The van der Waals surface area contributed by atoms with Gasteiger partial charge >= 0.3 is 6.03 Å². The number of nitrogens with one attached hydrogen (secondary N) is 2. The van der Waals surface area contributed by atoms with E-state index in [4.69, 9.17) is 0 Å². The molecule has 2 amide bonds. The molecule has 0 saturated carbocycles. The molecule has 3 nitrogen and oxygen atoms in total. The van der Waals surface area contributed by atoms with E-state index >= 15 is 0 Å². The summed E-state index contributed by atoms with van der Waals surface area (Å²) in [6.45, 7) is 8.84. The highest BCUT2D eigenvalue weighted by Crippen LogP contribution is 2.14. The Labute approximate surface area is 129 Å². The Morgan fingerprint density at radius 3 is 2.19 bits per heavy atom. The molecule has 0 saturated heterocycles. The van der Waals surface area contributed by atoms with Crippen LogP contribution < -0.4 is 10.6 Å². The molecule has 0 aliphatic carbocycles. The normalized spacial score (nSPS) is 12.5. The van der Waals surface area contributed by atoms with E-state index in [2.05, 4.69) is 38.3 Å². The Morgan fingerprint density at radius 1 is 1.00 bits per heavy atom. The molecule has 0 fully saturated rings. The van der Waals surface area contributed by atoms with Gasteiger partial charge < -0.3 is 10.6 Å². The summed E-state index contributed by atoms with van der Waals surface area (Å²) in [6.07, 6.45) is 4.73. The summed E-state index contributed by atoms with van der Waals surface area (Å²) >= 11 is 0. The van der Waals surface area contributed by atoms with Crippen LogP contribution in [0.2, 0.25) is 0 Å². The van der Waals surface area contributed by atoms with Crippen LogP contribution in [0.25, 0.3) is 0 Å². The molecule has 1 atom stereocenters. The number of anilines is 1. The van der Waals surface area contributed by atoms with Crippen LogP contribution in [0.4, 0.5) is 10.5 Å². The number of rotatable bonds is 8. The van der Waals surface area contributed by atoms with Crippen molar-refractivity contribution in [2.75, 3.05) is 5.32 Å². The molecular formula is C18H30N2O. The predicted molar refractivity (Wildman–Crippen MR) is 90.5 cm³/mol. The molecule has 0 aromatic heterocycles. The molecule has 2 N–H and O–H groups in total. The van der Waals surface area contributed by atoms with Crippen LogP contribution in [-0.2, 0) is 0 Å². The van der Waals surface area contributed by atoms with Gasteiger partial charge in [0.2, 0.25) is 0 Å². The summed E-state index contributed by atoms with van der Waals surface area (Å²) in [5, 5.41) is 5.99. The van der Waals surface area contributed by atoms with E-state index in [1.54, 1.807) is 0 Å². The number of urea groups is 1. The number of para-hydroxylation sites is 1. The molecule has 21 heavy (non-hydrogen) atoms. The van der Waals surface area contributed by atoms with Gasteiger partial charge in [0.15, 0.2) is 0 Å². The summed E-state index contributed by atoms with van der Waals surface area (Å²) in [5.74, 6) is 1.21. The fourth-order valence-corrected chi connectivity index (χ4v) is 2.35. The van der Waals surface area contributed by atoms with Gasteiger partial charge in [-0.2, -0.15) is 0 Å². The van der Waals surface area contributed by atoms with Crippen molar-refractivity contribution >= 4 is 11.7 Å². The minimum absolute atomic E-state index is 0.108. The van der Waals surface area contributed by atoms with Crippen LogP contribution in [0.3, 0.4) is 0 Å². The smallest absolute Gasteiger partial charge is 0.319 e. The molecule has 1 aromatic rings. The molecule has 0 heterocycles. The maximum absolute atomic E-state index is 12.0. The van der Waals surface area contributed by atoms with E-state index in [-0.39, 0.29) is 12.1 Å². The Morgan fingerprint density at radius 2 is 1.62 bits per heavy atom. The zero-order valence-electron chi connectivity index (χ0n) is 13.9. The van der Waals surface area contributed by atoms with Crippen LogP contribution >= 0.6 is 0 Å². The van der Waals surface area contributed by atoms with E-state index in [1.165, 1.54) is 19.3 Å². The third kappa shape index (κ3) is 7.74. The van der Waals surface area contributed by atoms with Crippen molar-refractivity contribution in [1.82, 2.24) is 5.32 Å². The fraction of sp³-hybridized carbons (Fsp3) is 0.611. The van der Waals surface area contributed by atoms with Crippen LogP contribution in [0, 0.1) is 11.8 Å². The second-order valence-electron chi connectivity index (χ2n) is 6.49. The van der Waals surface area contributed by atoms with Gasteiger partial charge in [0.05, 0.1) is 0 Å². The van der Waals surface area contributed by atoms with Gasteiger partial charge in [-0.15, -0.1) is 0 Å². The molecule has 0 radical (unpaired) electrons. The van der Waals surface area contributed by atoms with Gasteiger partial charge in [-0.1, -0.05) is 65.2 Å². The van der Waals surface area contributed by atoms with Crippen LogP contribution in [-0.4, -0.2) is 12.1 Å². The lowest BCUT2D eigenvalue weighted by Gasteiger charge is -2.23. The minimum atomic E-state index is -0.108. The summed E-state index contributed by atoms with van der Waals surface area (Å²) in [4.78, 5) is 12.0. The largest absolute Gasteiger partial charge is 0.335 e. The average Bonchev–Trinajstić information content (AvgIpc) is 2.42. The first kappa shape index (κ1) is 17.5. The number of carbonyl (C=O) groups is 1. The van der Waals surface area contributed by atoms with Gasteiger partial charge in [-0.05, 0) is 30.4 Å². The van der Waals surface area contributed by atoms with Gasteiger partial charge in [0, 0.05) is 11.7 Å². The molecule has 0 spiro atoms. The lowest BCUT2D eigenvalue weighted by atomic mass is 9.96. The summed E-state index contributed by atoms with van der Waals surface area (Å²) in [5.41, 5.74) is 0.831. The van der Waals surface area contributed by atoms with Gasteiger partial charge in [-0.25, -0.2) is 4.79 Å². The van der Waals surface area contributed by atoms with Crippen LogP contribution in [0.15, 0.2) is 30.3 Å². The van der Waals surface area contributed by atoms with Crippen molar-refractivity contribution in [2.45, 2.75) is 59.4 Å². The van der Waals surface area contributed by atoms with Crippen LogP contribution in [0.5, 0.6) is 0 Å². The molecule has 118 valence electrons. The molecular weight excluding hydrogens is 260 g/mol. The van der Waals surface area contributed by atoms with Crippen molar-refractivity contribution < 1.29 is 4.79 Å². The first-order chi connectivity index (χ1) is 9.99. The Bertz CT molecular complexity index is 401. The lowest BCUT2D eigenvalue weighted by molar-refractivity contribution is 0.242. The van der Waals surface area contributed by atoms with E-state index in [0.29, 0.717) is 5.92 Å². The topological polar surface area (TPSA) is 41.1 Å². The van der Waals surface area contributed by atoms with E-state index < -0.39 is 0 Å². The number of unbranched alkanes of at least 4 members (excludes halogenated alkanes) is 1. The third-order valence-electron chi connectivity index (χ3n) is 3.70. The van der Waals surface area contributed by atoms with E-state index in [0.717, 1.165) is 18.0 Å². The van der Waals surface area contributed by atoms with Gasteiger partial charge in [0.25, 0.3) is 0 Å². The fourth-order valence-electron chi connectivity index (χ4n) is 2.35. The third-order valence-corrected chi connectivity index (χ3v) is 3.70. The summed E-state index contributed by atoms with van der Waals surface area (Å²) in [6, 6.07) is 9.70. The highest BCUT2D eigenvalue weighted by atomic mass is 16.2. The highest BCUT2D eigenvalue weighted by Gasteiger charge is 2.15. The number of benzene rings is 1.